The van der Waals surface area contributed by atoms with Gasteiger partial charge in [-0.05, 0) is 52.7 Å². The summed E-state index contributed by atoms with van der Waals surface area (Å²) in [6.07, 6.45) is 2.92. The minimum Gasteiger partial charge on any atom is -0.368 e. The highest BCUT2D eigenvalue weighted by Gasteiger charge is 2.27. The SMILES string of the molecule is CNC(C)(CCCCN(C)CC(C)C)C(N)=O. The number of hydrogen-bond acceptors (Lipinski definition) is 3. The molecule has 0 aromatic heterocycles. The smallest absolute Gasteiger partial charge is 0.237 e. The van der Waals surface area contributed by atoms with Gasteiger partial charge in [-0.1, -0.05) is 13.8 Å². The first kappa shape index (κ1) is 16.4. The molecule has 0 spiro atoms. The second kappa shape index (κ2) is 7.67. The second-order valence-corrected chi connectivity index (χ2v) is 5.56. The average Bonchev–Trinajstić information content (AvgIpc) is 2.22. The Morgan fingerprint density at radius 2 is 2.00 bits per heavy atom. The van der Waals surface area contributed by atoms with Crippen LogP contribution in [0.15, 0.2) is 0 Å². The van der Waals surface area contributed by atoms with Gasteiger partial charge in [-0.25, -0.2) is 0 Å². The maximum absolute atomic E-state index is 11.3. The summed E-state index contributed by atoms with van der Waals surface area (Å²) in [4.78, 5) is 13.6. The van der Waals surface area contributed by atoms with E-state index >= 15 is 0 Å². The van der Waals surface area contributed by atoms with Crippen molar-refractivity contribution in [1.29, 1.82) is 0 Å². The average molecular weight is 243 g/mol. The molecule has 0 radical (unpaired) electrons. The molecule has 0 aliphatic heterocycles. The second-order valence-electron chi connectivity index (χ2n) is 5.56. The molecule has 0 fully saturated rings. The highest BCUT2D eigenvalue weighted by molar-refractivity contribution is 5.84. The lowest BCUT2D eigenvalue weighted by Gasteiger charge is -2.26. The van der Waals surface area contributed by atoms with E-state index in [1.807, 2.05) is 6.92 Å². The van der Waals surface area contributed by atoms with Gasteiger partial charge in [-0.15, -0.1) is 0 Å². The summed E-state index contributed by atoms with van der Waals surface area (Å²) in [6, 6.07) is 0. The summed E-state index contributed by atoms with van der Waals surface area (Å²) >= 11 is 0. The van der Waals surface area contributed by atoms with Gasteiger partial charge in [0.1, 0.15) is 0 Å². The topological polar surface area (TPSA) is 58.4 Å². The lowest BCUT2D eigenvalue weighted by molar-refractivity contribution is -0.123. The van der Waals surface area contributed by atoms with Crippen molar-refractivity contribution in [2.75, 3.05) is 27.2 Å². The first-order chi connectivity index (χ1) is 7.81. The highest BCUT2D eigenvalue weighted by Crippen LogP contribution is 2.13. The van der Waals surface area contributed by atoms with Crippen molar-refractivity contribution in [3.8, 4) is 0 Å². The fraction of sp³-hybridized carbons (Fsp3) is 0.923. The van der Waals surface area contributed by atoms with E-state index in [1.165, 1.54) is 0 Å². The van der Waals surface area contributed by atoms with E-state index in [0.717, 1.165) is 32.4 Å². The minimum absolute atomic E-state index is 0.268. The number of nitrogens with two attached hydrogens (primary N) is 1. The molecule has 3 N–H and O–H groups in total. The van der Waals surface area contributed by atoms with Crippen molar-refractivity contribution in [3.05, 3.63) is 0 Å². The molecule has 0 saturated carbocycles. The zero-order valence-electron chi connectivity index (χ0n) is 12.0. The number of unbranched alkanes of at least 4 members (excludes halogenated alkanes) is 1. The van der Waals surface area contributed by atoms with Gasteiger partial charge in [0.05, 0.1) is 5.54 Å². The Morgan fingerprint density at radius 3 is 2.41 bits per heavy atom. The molecule has 4 heteroatoms. The minimum atomic E-state index is -0.559. The van der Waals surface area contributed by atoms with Gasteiger partial charge in [0, 0.05) is 6.54 Å². The van der Waals surface area contributed by atoms with Crippen LogP contribution in [0.5, 0.6) is 0 Å². The fourth-order valence-electron chi connectivity index (χ4n) is 1.95. The van der Waals surface area contributed by atoms with Crippen LogP contribution in [0.2, 0.25) is 0 Å². The number of carbonyl (C=O) groups is 1. The van der Waals surface area contributed by atoms with Gasteiger partial charge in [0.2, 0.25) is 5.91 Å². The zero-order valence-corrected chi connectivity index (χ0v) is 12.0. The molecule has 0 bridgehead atoms. The molecule has 1 amide bonds. The number of hydrogen-bond donors (Lipinski definition) is 2. The van der Waals surface area contributed by atoms with Crippen molar-refractivity contribution in [1.82, 2.24) is 10.2 Å². The summed E-state index contributed by atoms with van der Waals surface area (Å²) < 4.78 is 0. The van der Waals surface area contributed by atoms with E-state index in [9.17, 15) is 4.79 Å². The largest absolute Gasteiger partial charge is 0.368 e. The lowest BCUT2D eigenvalue weighted by atomic mass is 9.94. The number of carbonyl (C=O) groups excluding carboxylic acids is 1. The van der Waals surface area contributed by atoms with E-state index in [-0.39, 0.29) is 5.91 Å². The predicted molar refractivity (Wildman–Crippen MR) is 72.8 cm³/mol. The van der Waals surface area contributed by atoms with Crippen molar-refractivity contribution < 1.29 is 4.79 Å². The van der Waals surface area contributed by atoms with E-state index in [1.54, 1.807) is 7.05 Å². The number of primary amides is 1. The Balaban J connectivity index is 3.80. The van der Waals surface area contributed by atoms with Crippen LogP contribution in [0.1, 0.15) is 40.0 Å². The van der Waals surface area contributed by atoms with Crippen molar-refractivity contribution in [2.24, 2.45) is 11.7 Å². The van der Waals surface area contributed by atoms with Crippen LogP contribution in [-0.4, -0.2) is 43.5 Å². The molecule has 1 unspecified atom stereocenters. The molecule has 0 heterocycles. The summed E-state index contributed by atoms with van der Waals surface area (Å²) in [5.41, 5.74) is 4.82. The number of nitrogens with zero attached hydrogens (tertiary/aromatic N) is 1. The van der Waals surface area contributed by atoms with Gasteiger partial charge in [-0.2, -0.15) is 0 Å². The van der Waals surface area contributed by atoms with E-state index < -0.39 is 5.54 Å². The third-order valence-electron chi connectivity index (χ3n) is 3.24. The molecular formula is C13H29N3O. The molecule has 0 aliphatic rings. The first-order valence-corrected chi connectivity index (χ1v) is 6.49. The Labute approximate surface area is 106 Å². The standard InChI is InChI=1S/C13H29N3O/c1-11(2)10-16(5)9-7-6-8-13(3,15-4)12(14)17/h11,15H,6-10H2,1-5H3,(H2,14,17). The van der Waals surface area contributed by atoms with Gasteiger partial charge < -0.3 is 16.0 Å². The van der Waals surface area contributed by atoms with E-state index in [4.69, 9.17) is 5.73 Å². The van der Waals surface area contributed by atoms with Gasteiger partial charge in [-0.3, -0.25) is 4.79 Å². The Bertz CT molecular complexity index is 231. The monoisotopic (exact) mass is 243 g/mol. The van der Waals surface area contributed by atoms with Gasteiger partial charge in [0.15, 0.2) is 0 Å². The Hall–Kier alpha value is -0.610. The molecule has 102 valence electrons. The van der Waals surface area contributed by atoms with Crippen LogP contribution < -0.4 is 11.1 Å². The molecule has 0 aromatic carbocycles. The number of rotatable bonds is 9. The van der Waals surface area contributed by atoms with Gasteiger partial charge in [0.25, 0.3) is 0 Å². The molecule has 1 atom stereocenters. The quantitative estimate of drug-likeness (QED) is 0.598. The predicted octanol–water partition coefficient (Wildman–Crippen LogP) is 1.21. The third kappa shape index (κ3) is 6.64. The highest BCUT2D eigenvalue weighted by atomic mass is 16.1. The Morgan fingerprint density at radius 1 is 1.41 bits per heavy atom. The van der Waals surface area contributed by atoms with E-state index in [0.29, 0.717) is 5.92 Å². The molecule has 0 aliphatic carbocycles. The molecular weight excluding hydrogens is 214 g/mol. The number of nitrogens with one attached hydrogen (secondary N) is 1. The van der Waals surface area contributed by atoms with Crippen LogP contribution in [-0.2, 0) is 4.79 Å². The van der Waals surface area contributed by atoms with Crippen LogP contribution in [0.3, 0.4) is 0 Å². The lowest BCUT2D eigenvalue weighted by Crippen LogP contribution is -2.51. The molecule has 17 heavy (non-hydrogen) atoms. The summed E-state index contributed by atoms with van der Waals surface area (Å²) in [6.45, 7) is 8.52. The molecule has 0 aromatic rings. The Kier molecular flexibility index (Phi) is 7.39. The summed E-state index contributed by atoms with van der Waals surface area (Å²) in [7, 11) is 3.93. The van der Waals surface area contributed by atoms with Crippen molar-refractivity contribution in [2.45, 2.75) is 45.6 Å². The first-order valence-electron chi connectivity index (χ1n) is 6.49. The zero-order chi connectivity index (χ0) is 13.5. The van der Waals surface area contributed by atoms with Crippen molar-refractivity contribution in [3.63, 3.8) is 0 Å². The normalized spacial score (nSPS) is 15.2. The number of amides is 1. The number of likely N-dealkylation sites (N-methyl/N-ethyl adjacent to an activating group) is 1. The maximum Gasteiger partial charge on any atom is 0.237 e. The fourth-order valence-corrected chi connectivity index (χ4v) is 1.95. The van der Waals surface area contributed by atoms with Gasteiger partial charge >= 0.3 is 0 Å². The van der Waals surface area contributed by atoms with Crippen LogP contribution in [0, 0.1) is 5.92 Å². The summed E-state index contributed by atoms with van der Waals surface area (Å²) in [5.74, 6) is 0.434. The summed E-state index contributed by atoms with van der Waals surface area (Å²) in [5, 5.41) is 3.01. The van der Waals surface area contributed by atoms with E-state index in [2.05, 4.69) is 31.1 Å². The maximum atomic E-state index is 11.3. The van der Waals surface area contributed by atoms with Crippen LogP contribution >= 0.6 is 0 Å². The van der Waals surface area contributed by atoms with Crippen molar-refractivity contribution >= 4 is 5.91 Å². The van der Waals surface area contributed by atoms with Crippen LogP contribution in [0.4, 0.5) is 0 Å². The molecule has 0 saturated heterocycles. The molecule has 0 rings (SSSR count). The third-order valence-corrected chi connectivity index (χ3v) is 3.24. The molecule has 4 nitrogen and oxygen atoms in total. The van der Waals surface area contributed by atoms with Crippen LogP contribution in [0.25, 0.3) is 0 Å².